The summed E-state index contributed by atoms with van der Waals surface area (Å²) < 4.78 is 50.6. The van der Waals surface area contributed by atoms with Crippen LogP contribution in [0.15, 0.2) is 45.4 Å². The van der Waals surface area contributed by atoms with Gasteiger partial charge in [0.2, 0.25) is 0 Å². The van der Waals surface area contributed by atoms with Gasteiger partial charge in [0.1, 0.15) is 11.3 Å². The van der Waals surface area contributed by atoms with Crippen LogP contribution in [0.2, 0.25) is 0 Å². The summed E-state index contributed by atoms with van der Waals surface area (Å²) in [4.78, 5) is 32.8. The fourth-order valence-electron chi connectivity index (χ4n) is 2.99. The van der Waals surface area contributed by atoms with Crippen molar-refractivity contribution >= 4 is 24.7 Å². The number of carbonyl (C=O) groups is 2. The van der Waals surface area contributed by atoms with Gasteiger partial charge < -0.3 is 14.8 Å². The molecule has 2 saturated heterocycles. The molecule has 0 bridgehead atoms. The molecule has 2 fully saturated rings. The van der Waals surface area contributed by atoms with E-state index in [1.807, 2.05) is 0 Å². The largest absolute Gasteiger partial charge is 0.425 e. The minimum absolute atomic E-state index is 0.00445. The molecule has 0 radical (unpaired) electrons. The lowest BCUT2D eigenvalue weighted by Crippen LogP contribution is -2.43. The first-order valence-electron chi connectivity index (χ1n) is 9.40. The molecule has 3 amide bonds. The molecule has 0 saturated carbocycles. The third kappa shape index (κ3) is 4.87. The third-order valence-corrected chi connectivity index (χ3v) is 4.94. The van der Waals surface area contributed by atoms with E-state index in [4.69, 9.17) is 9.47 Å². The van der Waals surface area contributed by atoms with Crippen molar-refractivity contribution in [2.75, 3.05) is 6.61 Å². The SMILES string of the molecule is C=NC(=NC=C(C)N1C(=O)NC(C)(C)C1=O)OC(=CC)C=C1CCOC1(C)C(F)(F)F. The number of halogens is 3. The second-order valence-corrected chi connectivity index (χ2v) is 7.63. The molecule has 8 nitrogen and oxygen atoms in total. The Kier molecular flexibility index (Phi) is 6.79. The number of hydrogen-bond donors (Lipinski definition) is 1. The van der Waals surface area contributed by atoms with Crippen molar-refractivity contribution in [3.8, 4) is 0 Å². The summed E-state index contributed by atoms with van der Waals surface area (Å²) in [6.07, 6.45) is -0.636. The molecule has 2 rings (SSSR count). The fourth-order valence-corrected chi connectivity index (χ4v) is 2.99. The van der Waals surface area contributed by atoms with Crippen LogP contribution < -0.4 is 5.32 Å². The van der Waals surface area contributed by atoms with Crippen molar-refractivity contribution in [2.45, 2.75) is 58.4 Å². The van der Waals surface area contributed by atoms with Gasteiger partial charge in [-0.1, -0.05) is 0 Å². The number of ether oxygens (including phenoxy) is 2. The van der Waals surface area contributed by atoms with Crippen LogP contribution in [0.4, 0.5) is 18.0 Å². The zero-order valence-corrected chi connectivity index (χ0v) is 18.0. The van der Waals surface area contributed by atoms with Crippen LogP contribution in [0.25, 0.3) is 0 Å². The number of hydrogen-bond acceptors (Lipinski definition) is 5. The van der Waals surface area contributed by atoms with E-state index in [2.05, 4.69) is 22.0 Å². The molecule has 0 spiro atoms. The van der Waals surface area contributed by atoms with Crippen molar-refractivity contribution < 1.29 is 32.2 Å². The van der Waals surface area contributed by atoms with E-state index in [9.17, 15) is 22.8 Å². The van der Waals surface area contributed by atoms with Gasteiger partial charge in [0.05, 0.1) is 12.8 Å². The van der Waals surface area contributed by atoms with Gasteiger partial charge in [-0.3, -0.25) is 4.79 Å². The molecule has 1 unspecified atom stereocenters. The number of carbonyl (C=O) groups excluding carboxylic acids is 2. The summed E-state index contributed by atoms with van der Waals surface area (Å²) in [6.45, 7) is 10.4. The van der Waals surface area contributed by atoms with Crippen molar-refractivity contribution in [3.05, 3.63) is 35.4 Å². The van der Waals surface area contributed by atoms with Crippen molar-refractivity contribution in [3.63, 3.8) is 0 Å². The normalized spacial score (nSPS) is 26.5. The molecule has 1 atom stereocenters. The van der Waals surface area contributed by atoms with Gasteiger partial charge in [-0.25, -0.2) is 19.7 Å². The smallest absolute Gasteiger partial charge is 0.421 e. The lowest BCUT2D eigenvalue weighted by molar-refractivity contribution is -0.242. The number of aliphatic imine (C=N–C) groups is 2. The summed E-state index contributed by atoms with van der Waals surface area (Å²) in [5.41, 5.74) is -3.25. The Balaban J connectivity index is 2.24. The molecule has 31 heavy (non-hydrogen) atoms. The van der Waals surface area contributed by atoms with Crippen LogP contribution in [0, 0.1) is 0 Å². The zero-order valence-electron chi connectivity index (χ0n) is 18.0. The Morgan fingerprint density at radius 3 is 2.45 bits per heavy atom. The first-order chi connectivity index (χ1) is 14.3. The number of amides is 3. The molecular formula is C20H25F3N4O4. The predicted molar refractivity (Wildman–Crippen MR) is 108 cm³/mol. The lowest BCUT2D eigenvalue weighted by atomic mass is 9.94. The number of nitrogens with one attached hydrogen (secondary N) is 1. The maximum Gasteiger partial charge on any atom is 0.421 e. The third-order valence-electron chi connectivity index (χ3n) is 4.94. The average Bonchev–Trinajstić information content (AvgIpc) is 3.14. The highest BCUT2D eigenvalue weighted by atomic mass is 19.4. The van der Waals surface area contributed by atoms with Gasteiger partial charge in [0, 0.05) is 5.70 Å². The van der Waals surface area contributed by atoms with Crippen molar-refractivity contribution in [1.82, 2.24) is 10.2 Å². The second-order valence-electron chi connectivity index (χ2n) is 7.63. The Morgan fingerprint density at radius 1 is 1.32 bits per heavy atom. The number of amidine groups is 1. The maximum atomic E-state index is 13.4. The van der Waals surface area contributed by atoms with E-state index in [0.29, 0.717) is 0 Å². The summed E-state index contributed by atoms with van der Waals surface area (Å²) >= 11 is 0. The van der Waals surface area contributed by atoms with Gasteiger partial charge >= 0.3 is 18.2 Å². The molecule has 2 heterocycles. The molecule has 170 valence electrons. The molecular weight excluding hydrogens is 417 g/mol. The topological polar surface area (TPSA) is 92.6 Å². The zero-order chi connectivity index (χ0) is 23.6. The summed E-state index contributed by atoms with van der Waals surface area (Å²) in [7, 11) is 0. The van der Waals surface area contributed by atoms with Crippen LogP contribution in [0.3, 0.4) is 0 Å². The Bertz CT molecular complexity index is 903. The summed E-state index contributed by atoms with van der Waals surface area (Å²) in [6, 6.07) is -0.872. The van der Waals surface area contributed by atoms with Crippen LogP contribution in [-0.2, 0) is 14.3 Å². The minimum Gasteiger partial charge on any atom is -0.425 e. The van der Waals surface area contributed by atoms with Crippen molar-refractivity contribution in [2.24, 2.45) is 9.98 Å². The standard InChI is InChI=1S/C20H25F3N4O4/c1-7-14(10-13-8-9-30-19(13,5)20(21,22)23)31-16(24-6)25-11-12(2)27-15(28)18(3,4)26-17(27)29/h7,10-11H,6,8-9H2,1-5H3,(H,26,29). The van der Waals surface area contributed by atoms with Crippen LogP contribution in [0.5, 0.6) is 0 Å². The van der Waals surface area contributed by atoms with E-state index < -0.39 is 29.3 Å². The van der Waals surface area contributed by atoms with Gasteiger partial charge in [-0.2, -0.15) is 13.2 Å². The van der Waals surface area contributed by atoms with E-state index in [1.54, 1.807) is 20.8 Å². The van der Waals surface area contributed by atoms with E-state index in [-0.39, 0.29) is 36.1 Å². The Morgan fingerprint density at radius 2 is 1.97 bits per heavy atom. The van der Waals surface area contributed by atoms with Crippen molar-refractivity contribution in [1.29, 1.82) is 0 Å². The van der Waals surface area contributed by atoms with Crippen LogP contribution >= 0.6 is 0 Å². The number of urea groups is 1. The number of rotatable bonds is 4. The van der Waals surface area contributed by atoms with Gasteiger partial charge in [-0.15, -0.1) is 0 Å². The van der Waals surface area contributed by atoms with Crippen LogP contribution in [0.1, 0.15) is 41.0 Å². The molecule has 1 N–H and O–H groups in total. The highest BCUT2D eigenvalue weighted by molar-refractivity contribution is 6.08. The van der Waals surface area contributed by atoms with Gasteiger partial charge in [0.15, 0.2) is 5.60 Å². The minimum atomic E-state index is -4.59. The maximum absolute atomic E-state index is 13.4. The number of imide groups is 1. The highest BCUT2D eigenvalue weighted by Crippen LogP contribution is 2.44. The Hall–Kier alpha value is -2.95. The monoisotopic (exact) mass is 442 g/mol. The fraction of sp³-hybridized carbons (Fsp3) is 0.500. The summed E-state index contributed by atoms with van der Waals surface area (Å²) in [5, 5.41) is 2.54. The predicted octanol–water partition coefficient (Wildman–Crippen LogP) is 3.82. The number of allylic oxidation sites excluding steroid dienone is 3. The Labute approximate surface area is 178 Å². The van der Waals surface area contributed by atoms with Crippen LogP contribution in [-0.4, -0.2) is 53.5 Å². The molecule has 0 aromatic heterocycles. The molecule has 0 aliphatic carbocycles. The number of nitrogens with zero attached hydrogens (tertiary/aromatic N) is 3. The quantitative estimate of drug-likeness (QED) is 0.310. The molecule has 2 aliphatic rings. The van der Waals surface area contributed by atoms with E-state index in [1.165, 1.54) is 25.3 Å². The first kappa shape index (κ1) is 24.3. The van der Waals surface area contributed by atoms with E-state index in [0.717, 1.165) is 11.8 Å². The molecule has 0 aromatic carbocycles. The second kappa shape index (κ2) is 8.66. The molecule has 11 heteroatoms. The molecule has 2 aliphatic heterocycles. The first-order valence-corrected chi connectivity index (χ1v) is 9.40. The molecule has 0 aromatic rings. The summed E-state index contributed by atoms with van der Waals surface area (Å²) in [5.74, 6) is -0.397. The average molecular weight is 442 g/mol. The van der Waals surface area contributed by atoms with E-state index >= 15 is 0 Å². The van der Waals surface area contributed by atoms with Gasteiger partial charge in [-0.05, 0) is 65.5 Å². The lowest BCUT2D eigenvalue weighted by Gasteiger charge is -2.28. The highest BCUT2D eigenvalue weighted by Gasteiger charge is 2.57. The van der Waals surface area contributed by atoms with Gasteiger partial charge in [0.25, 0.3) is 5.91 Å². The number of alkyl halides is 3.